The maximum absolute atomic E-state index is 13.7. The van der Waals surface area contributed by atoms with Crippen molar-refractivity contribution in [3.05, 3.63) is 34.6 Å². The van der Waals surface area contributed by atoms with Gasteiger partial charge in [-0.1, -0.05) is 18.0 Å². The van der Waals surface area contributed by atoms with Crippen LogP contribution in [0.3, 0.4) is 0 Å². The maximum Gasteiger partial charge on any atom is 0.127 e. The summed E-state index contributed by atoms with van der Waals surface area (Å²) in [5, 5.41) is 0.595. The molecule has 1 nitrogen and oxygen atoms in total. The van der Waals surface area contributed by atoms with Crippen molar-refractivity contribution in [1.82, 2.24) is 4.90 Å². The second-order valence-electron chi connectivity index (χ2n) is 4.83. The quantitative estimate of drug-likeness (QED) is 0.699. The van der Waals surface area contributed by atoms with E-state index < -0.39 is 0 Å². The Labute approximate surface area is 118 Å². The van der Waals surface area contributed by atoms with Crippen LogP contribution in [0.4, 0.5) is 4.39 Å². The van der Waals surface area contributed by atoms with Gasteiger partial charge < -0.3 is 0 Å². The third-order valence-electron chi connectivity index (χ3n) is 3.55. The Kier molecular flexibility index (Phi) is 5.28. The van der Waals surface area contributed by atoms with Crippen LogP contribution in [0.5, 0.6) is 0 Å². The van der Waals surface area contributed by atoms with Crippen molar-refractivity contribution < 1.29 is 4.39 Å². The second-order valence-corrected chi connectivity index (χ2v) is 5.65. The van der Waals surface area contributed by atoms with Gasteiger partial charge in [-0.25, -0.2) is 4.39 Å². The zero-order chi connectivity index (χ0) is 13.0. The van der Waals surface area contributed by atoms with Crippen LogP contribution in [0.25, 0.3) is 0 Å². The van der Waals surface area contributed by atoms with Gasteiger partial charge in [0.2, 0.25) is 0 Å². The molecule has 0 saturated heterocycles. The highest BCUT2D eigenvalue weighted by Crippen LogP contribution is 2.27. The van der Waals surface area contributed by atoms with Gasteiger partial charge >= 0.3 is 0 Å². The van der Waals surface area contributed by atoms with Crippen LogP contribution in [0.15, 0.2) is 18.2 Å². The lowest BCUT2D eigenvalue weighted by atomic mass is 9.91. The maximum atomic E-state index is 13.7. The van der Waals surface area contributed by atoms with Crippen LogP contribution < -0.4 is 0 Å². The molecule has 0 bridgehead atoms. The van der Waals surface area contributed by atoms with E-state index in [-0.39, 0.29) is 5.82 Å². The molecule has 1 aliphatic carbocycles. The van der Waals surface area contributed by atoms with Crippen molar-refractivity contribution >= 4 is 23.2 Å². The molecule has 100 valence electrons. The molecule has 0 spiro atoms. The summed E-state index contributed by atoms with van der Waals surface area (Å²) in [7, 11) is 0. The molecule has 1 saturated carbocycles. The van der Waals surface area contributed by atoms with E-state index in [2.05, 4.69) is 4.90 Å². The number of nitrogens with zero attached hydrogens (tertiary/aromatic N) is 1. The highest BCUT2D eigenvalue weighted by molar-refractivity contribution is 6.30. The zero-order valence-electron chi connectivity index (χ0n) is 10.3. The molecule has 0 amide bonds. The number of benzene rings is 1. The first-order chi connectivity index (χ1) is 8.70. The Morgan fingerprint density at radius 1 is 1.33 bits per heavy atom. The van der Waals surface area contributed by atoms with Gasteiger partial charge in [-0.3, -0.25) is 4.90 Å². The van der Waals surface area contributed by atoms with Crippen LogP contribution in [0.1, 0.15) is 31.2 Å². The molecular weight excluding hydrogens is 272 g/mol. The summed E-state index contributed by atoms with van der Waals surface area (Å²) in [5.74, 6) is 0.482. The van der Waals surface area contributed by atoms with E-state index in [4.69, 9.17) is 23.2 Å². The molecule has 1 aromatic rings. The topological polar surface area (TPSA) is 3.24 Å². The molecular formula is C14H18Cl2FN. The molecule has 1 aliphatic rings. The summed E-state index contributed by atoms with van der Waals surface area (Å²) in [5.41, 5.74) is 0.684. The Balaban J connectivity index is 2.04. The predicted molar refractivity (Wildman–Crippen MR) is 74.8 cm³/mol. The summed E-state index contributed by atoms with van der Waals surface area (Å²) in [6.07, 6.45) is 4.65. The minimum Gasteiger partial charge on any atom is -0.296 e. The average Bonchev–Trinajstić information content (AvgIpc) is 2.28. The monoisotopic (exact) mass is 289 g/mol. The fourth-order valence-corrected chi connectivity index (χ4v) is 2.60. The number of hydrogen-bond acceptors (Lipinski definition) is 1. The number of alkyl halides is 1. The normalized spacial score (nSPS) is 16.0. The Morgan fingerprint density at radius 3 is 2.72 bits per heavy atom. The van der Waals surface area contributed by atoms with Crippen LogP contribution >= 0.6 is 23.2 Å². The van der Waals surface area contributed by atoms with Crippen LogP contribution in [0.2, 0.25) is 5.02 Å². The molecule has 4 heteroatoms. The Bertz CT molecular complexity index is 393. The van der Waals surface area contributed by atoms with E-state index in [0.717, 1.165) is 13.0 Å². The van der Waals surface area contributed by atoms with Gasteiger partial charge in [-0.05, 0) is 44.0 Å². The minimum atomic E-state index is -0.172. The van der Waals surface area contributed by atoms with E-state index in [1.807, 2.05) is 0 Å². The van der Waals surface area contributed by atoms with Gasteiger partial charge in [0.25, 0.3) is 0 Å². The first-order valence-electron chi connectivity index (χ1n) is 6.44. The highest BCUT2D eigenvalue weighted by atomic mass is 35.5. The summed E-state index contributed by atoms with van der Waals surface area (Å²) in [6, 6.07) is 5.35. The van der Waals surface area contributed by atoms with Crippen molar-refractivity contribution in [2.75, 3.05) is 12.4 Å². The predicted octanol–water partition coefficient (Wildman–Crippen LogP) is 4.46. The number of rotatable bonds is 6. The molecule has 0 atom stereocenters. The van der Waals surface area contributed by atoms with Crippen molar-refractivity contribution in [3.63, 3.8) is 0 Å². The van der Waals surface area contributed by atoms with Gasteiger partial charge in [0.15, 0.2) is 0 Å². The molecule has 0 aliphatic heterocycles. The van der Waals surface area contributed by atoms with Crippen LogP contribution in [-0.4, -0.2) is 23.4 Å². The van der Waals surface area contributed by atoms with Crippen LogP contribution in [0, 0.1) is 5.82 Å². The molecule has 0 radical (unpaired) electrons. The van der Waals surface area contributed by atoms with E-state index in [1.54, 1.807) is 12.1 Å². The van der Waals surface area contributed by atoms with Crippen molar-refractivity contribution in [2.24, 2.45) is 0 Å². The van der Waals surface area contributed by atoms with E-state index >= 15 is 0 Å². The van der Waals surface area contributed by atoms with Gasteiger partial charge in [0, 0.05) is 29.1 Å². The average molecular weight is 290 g/mol. The number of halogens is 3. The summed E-state index contributed by atoms with van der Waals surface area (Å²) in [4.78, 5) is 2.33. The second kappa shape index (κ2) is 6.74. The first-order valence-corrected chi connectivity index (χ1v) is 7.36. The third kappa shape index (κ3) is 3.59. The molecule has 1 aromatic carbocycles. The lowest BCUT2D eigenvalue weighted by molar-refractivity contribution is 0.118. The fraction of sp³-hybridized carbons (Fsp3) is 0.571. The molecule has 0 heterocycles. The van der Waals surface area contributed by atoms with Crippen molar-refractivity contribution in [1.29, 1.82) is 0 Å². The van der Waals surface area contributed by atoms with E-state index in [0.29, 0.717) is 29.1 Å². The van der Waals surface area contributed by atoms with E-state index in [9.17, 15) is 4.39 Å². The van der Waals surface area contributed by atoms with Crippen molar-refractivity contribution in [2.45, 2.75) is 38.3 Å². The lowest BCUT2D eigenvalue weighted by Gasteiger charge is -2.37. The standard InChI is InChI=1S/C14H18Cl2FN/c15-7-2-8-18(13-3-1-4-13)10-11-9-12(16)5-6-14(11)17/h5-6,9,13H,1-4,7-8,10H2. The first kappa shape index (κ1) is 14.1. The molecule has 18 heavy (non-hydrogen) atoms. The molecule has 0 unspecified atom stereocenters. The highest BCUT2D eigenvalue weighted by Gasteiger charge is 2.25. The lowest BCUT2D eigenvalue weighted by Crippen LogP contribution is -2.40. The van der Waals surface area contributed by atoms with E-state index in [1.165, 1.54) is 25.3 Å². The zero-order valence-corrected chi connectivity index (χ0v) is 11.9. The summed E-state index contributed by atoms with van der Waals surface area (Å²) < 4.78 is 13.7. The SMILES string of the molecule is Fc1ccc(Cl)cc1CN(CCCCl)C1CCC1. The Hall–Kier alpha value is -0.310. The minimum absolute atomic E-state index is 0.172. The van der Waals surface area contributed by atoms with Gasteiger partial charge in [-0.2, -0.15) is 0 Å². The van der Waals surface area contributed by atoms with Gasteiger partial charge in [0.05, 0.1) is 0 Å². The van der Waals surface area contributed by atoms with Gasteiger partial charge in [-0.15, -0.1) is 11.6 Å². The smallest absolute Gasteiger partial charge is 0.127 e. The van der Waals surface area contributed by atoms with Crippen molar-refractivity contribution in [3.8, 4) is 0 Å². The molecule has 1 fully saturated rings. The molecule has 0 N–H and O–H groups in total. The number of hydrogen-bond donors (Lipinski definition) is 0. The Morgan fingerprint density at radius 2 is 2.11 bits per heavy atom. The fourth-order valence-electron chi connectivity index (χ4n) is 2.29. The summed E-state index contributed by atoms with van der Waals surface area (Å²) in [6.45, 7) is 1.56. The van der Waals surface area contributed by atoms with Gasteiger partial charge in [0.1, 0.15) is 5.82 Å². The summed E-state index contributed by atoms with van der Waals surface area (Å²) >= 11 is 11.7. The largest absolute Gasteiger partial charge is 0.296 e. The molecule has 0 aromatic heterocycles. The third-order valence-corrected chi connectivity index (χ3v) is 4.05. The molecule has 2 rings (SSSR count). The van der Waals surface area contributed by atoms with Crippen LogP contribution in [-0.2, 0) is 6.54 Å².